The number of nitrogens with one attached hydrogen (secondary N) is 2. The van der Waals surface area contributed by atoms with Crippen molar-refractivity contribution in [1.82, 2.24) is 5.43 Å². The van der Waals surface area contributed by atoms with Crippen molar-refractivity contribution in [3.8, 4) is 11.5 Å². The molecule has 0 bridgehead atoms. The van der Waals surface area contributed by atoms with E-state index in [0.29, 0.717) is 23.7 Å². The third kappa shape index (κ3) is 7.44. The Labute approximate surface area is 197 Å². The van der Waals surface area contributed by atoms with Crippen molar-refractivity contribution in [2.45, 2.75) is 26.4 Å². The summed E-state index contributed by atoms with van der Waals surface area (Å²) in [6.45, 7) is 2.43. The van der Waals surface area contributed by atoms with Gasteiger partial charge in [0.05, 0.1) is 19.0 Å². The molecular weight excluding hydrogens is 437 g/mol. The summed E-state index contributed by atoms with van der Waals surface area (Å²) in [5.74, 6) is -0.314. The van der Waals surface area contributed by atoms with Crippen LogP contribution >= 0.6 is 0 Å². The summed E-state index contributed by atoms with van der Waals surface area (Å²) in [6, 6.07) is 19.2. The average molecular weight is 464 g/mol. The minimum absolute atomic E-state index is 0.0752. The molecule has 176 valence electrons. The first kappa shape index (κ1) is 24.4. The number of aryl methyl sites for hydroxylation is 1. The van der Waals surface area contributed by atoms with Gasteiger partial charge in [-0.15, -0.1) is 0 Å². The van der Waals surface area contributed by atoms with E-state index in [-0.39, 0.29) is 18.5 Å². The first-order valence-corrected chi connectivity index (χ1v) is 10.7. The van der Waals surface area contributed by atoms with Gasteiger partial charge in [0.1, 0.15) is 12.4 Å². The molecule has 0 saturated carbocycles. The highest BCUT2D eigenvalue weighted by atomic mass is 19.1. The molecule has 0 aromatic heterocycles. The maximum atomic E-state index is 13.6. The zero-order chi connectivity index (χ0) is 24.3. The van der Waals surface area contributed by atoms with Gasteiger partial charge in [-0.2, -0.15) is 5.10 Å². The van der Waals surface area contributed by atoms with E-state index in [4.69, 9.17) is 9.47 Å². The summed E-state index contributed by atoms with van der Waals surface area (Å²) in [7, 11) is 1.55. The van der Waals surface area contributed by atoms with Crippen LogP contribution in [-0.4, -0.2) is 25.1 Å². The van der Waals surface area contributed by atoms with Crippen molar-refractivity contribution in [3.05, 3.63) is 89.2 Å². The Hall–Kier alpha value is -4.20. The van der Waals surface area contributed by atoms with Crippen molar-refractivity contribution in [2.75, 3.05) is 12.4 Å². The van der Waals surface area contributed by atoms with Crippen LogP contribution < -0.4 is 20.2 Å². The quantitative estimate of drug-likeness (QED) is 0.340. The van der Waals surface area contributed by atoms with Gasteiger partial charge in [-0.1, -0.05) is 42.0 Å². The molecule has 34 heavy (non-hydrogen) atoms. The molecule has 0 radical (unpaired) electrons. The molecule has 0 aliphatic carbocycles. The molecule has 8 heteroatoms. The van der Waals surface area contributed by atoms with Crippen molar-refractivity contribution >= 4 is 23.7 Å². The van der Waals surface area contributed by atoms with Gasteiger partial charge in [-0.25, -0.2) is 9.82 Å². The van der Waals surface area contributed by atoms with Gasteiger partial charge in [0.2, 0.25) is 11.8 Å². The summed E-state index contributed by atoms with van der Waals surface area (Å²) in [5, 5.41) is 6.34. The Morgan fingerprint density at radius 2 is 1.76 bits per heavy atom. The van der Waals surface area contributed by atoms with Gasteiger partial charge in [0.25, 0.3) is 0 Å². The van der Waals surface area contributed by atoms with Gasteiger partial charge in [0.15, 0.2) is 11.5 Å². The lowest BCUT2D eigenvalue weighted by Crippen LogP contribution is -2.21. The number of rotatable bonds is 10. The number of carbonyl (C=O) groups excluding carboxylic acids is 2. The molecule has 0 aliphatic rings. The minimum Gasteiger partial charge on any atom is -0.493 e. The summed E-state index contributed by atoms with van der Waals surface area (Å²) in [6.07, 6.45) is 1.27. The Kier molecular flexibility index (Phi) is 8.73. The molecule has 7 nitrogen and oxygen atoms in total. The molecule has 0 unspecified atom stereocenters. The highest BCUT2D eigenvalue weighted by molar-refractivity contribution is 5.93. The van der Waals surface area contributed by atoms with E-state index >= 15 is 0 Å². The first-order valence-electron chi connectivity index (χ1n) is 10.7. The molecule has 0 atom stereocenters. The first-order chi connectivity index (χ1) is 16.4. The Balaban J connectivity index is 1.47. The second kappa shape index (κ2) is 12.2. The Morgan fingerprint density at radius 1 is 0.971 bits per heavy atom. The second-order valence-corrected chi connectivity index (χ2v) is 7.51. The van der Waals surface area contributed by atoms with Crippen LogP contribution in [0.2, 0.25) is 0 Å². The summed E-state index contributed by atoms with van der Waals surface area (Å²) in [4.78, 5) is 23.9. The molecule has 0 saturated heterocycles. The average Bonchev–Trinajstić information content (AvgIpc) is 2.83. The summed E-state index contributed by atoms with van der Waals surface area (Å²) in [5.41, 5.74) is 5.35. The number of hydrogen-bond acceptors (Lipinski definition) is 5. The van der Waals surface area contributed by atoms with Crippen molar-refractivity contribution in [1.29, 1.82) is 0 Å². The molecule has 2 N–H and O–H groups in total. The third-order valence-electron chi connectivity index (χ3n) is 4.79. The number of amides is 2. The maximum absolute atomic E-state index is 13.6. The SMILES string of the molecule is COc1cc(C=NNC(=O)CCC(=O)Nc2ccccc2F)ccc1OCc1cccc(C)c1. The summed E-state index contributed by atoms with van der Waals surface area (Å²) >= 11 is 0. The number of para-hydroxylation sites is 1. The lowest BCUT2D eigenvalue weighted by Gasteiger charge is -2.11. The predicted octanol–water partition coefficient (Wildman–Crippen LogP) is 4.59. The largest absolute Gasteiger partial charge is 0.493 e. The normalized spacial score (nSPS) is 10.7. The fraction of sp³-hybridized carbons (Fsp3) is 0.192. The lowest BCUT2D eigenvalue weighted by molar-refractivity contribution is -0.124. The standard InChI is InChI=1S/C26H26FN3O4/c1-18-6-5-7-20(14-18)17-34-23-11-10-19(15-24(23)33-2)16-28-30-26(32)13-12-25(31)29-22-9-4-3-8-21(22)27/h3-11,14-16H,12-13,17H2,1-2H3,(H,29,31)(H,30,32). The number of hydrazone groups is 1. The van der Waals surface area contributed by atoms with E-state index in [1.807, 2.05) is 25.1 Å². The Bertz CT molecular complexity index is 1180. The number of benzene rings is 3. The van der Waals surface area contributed by atoms with Gasteiger partial charge >= 0.3 is 0 Å². The second-order valence-electron chi connectivity index (χ2n) is 7.51. The van der Waals surface area contributed by atoms with E-state index in [0.717, 1.165) is 11.1 Å². The van der Waals surface area contributed by atoms with Crippen LogP contribution in [0.5, 0.6) is 11.5 Å². The number of anilines is 1. The third-order valence-corrected chi connectivity index (χ3v) is 4.79. The van der Waals surface area contributed by atoms with Crippen LogP contribution in [0.3, 0.4) is 0 Å². The van der Waals surface area contributed by atoms with E-state index in [1.54, 1.807) is 31.4 Å². The van der Waals surface area contributed by atoms with Crippen molar-refractivity contribution in [2.24, 2.45) is 5.10 Å². The number of methoxy groups -OCH3 is 1. The molecule has 3 rings (SSSR count). The Morgan fingerprint density at radius 3 is 2.53 bits per heavy atom. The van der Waals surface area contributed by atoms with E-state index in [1.165, 1.54) is 24.4 Å². The topological polar surface area (TPSA) is 89.0 Å². The van der Waals surface area contributed by atoms with Gasteiger partial charge < -0.3 is 14.8 Å². The zero-order valence-corrected chi connectivity index (χ0v) is 19.0. The number of hydrogen-bond donors (Lipinski definition) is 2. The van der Waals surface area contributed by atoms with Crippen LogP contribution in [0.1, 0.15) is 29.5 Å². The molecule has 0 aliphatic heterocycles. The van der Waals surface area contributed by atoms with Gasteiger partial charge in [-0.3, -0.25) is 9.59 Å². The molecule has 2 amide bonds. The molecule has 3 aromatic rings. The van der Waals surface area contributed by atoms with Crippen LogP contribution in [-0.2, 0) is 16.2 Å². The number of halogens is 1. The number of carbonyl (C=O) groups is 2. The monoisotopic (exact) mass is 463 g/mol. The smallest absolute Gasteiger partial charge is 0.240 e. The highest BCUT2D eigenvalue weighted by Gasteiger charge is 2.09. The van der Waals surface area contributed by atoms with Crippen LogP contribution in [0.4, 0.5) is 10.1 Å². The van der Waals surface area contributed by atoms with E-state index in [2.05, 4.69) is 21.9 Å². The fourth-order valence-electron chi connectivity index (χ4n) is 3.08. The van der Waals surface area contributed by atoms with Crippen LogP contribution in [0.15, 0.2) is 71.8 Å². The molecule has 0 spiro atoms. The predicted molar refractivity (Wildman–Crippen MR) is 129 cm³/mol. The van der Waals surface area contributed by atoms with Crippen molar-refractivity contribution < 1.29 is 23.5 Å². The number of nitrogens with zero attached hydrogens (tertiary/aromatic N) is 1. The van der Waals surface area contributed by atoms with E-state index < -0.39 is 17.6 Å². The highest BCUT2D eigenvalue weighted by Crippen LogP contribution is 2.28. The van der Waals surface area contributed by atoms with Crippen molar-refractivity contribution in [3.63, 3.8) is 0 Å². The van der Waals surface area contributed by atoms with Crippen LogP contribution in [0, 0.1) is 12.7 Å². The summed E-state index contributed by atoms with van der Waals surface area (Å²) < 4.78 is 24.8. The maximum Gasteiger partial charge on any atom is 0.240 e. The minimum atomic E-state index is -0.535. The molecule has 0 heterocycles. The van der Waals surface area contributed by atoms with Crippen LogP contribution in [0.25, 0.3) is 0 Å². The number of ether oxygens (including phenoxy) is 2. The fourth-order valence-corrected chi connectivity index (χ4v) is 3.08. The molecule has 0 fully saturated rings. The lowest BCUT2D eigenvalue weighted by atomic mass is 10.1. The van der Waals surface area contributed by atoms with Gasteiger partial charge in [-0.05, 0) is 48.4 Å². The molecular formula is C26H26FN3O4. The van der Waals surface area contributed by atoms with E-state index in [9.17, 15) is 14.0 Å². The molecule has 3 aromatic carbocycles. The van der Waals surface area contributed by atoms with Gasteiger partial charge in [0, 0.05) is 12.8 Å². The zero-order valence-electron chi connectivity index (χ0n) is 19.0.